The Morgan fingerprint density at radius 1 is 1.21 bits per heavy atom. The van der Waals surface area contributed by atoms with Crippen LogP contribution in [0.3, 0.4) is 0 Å². The Hall–Kier alpha value is -1.82. The Kier molecular flexibility index (Phi) is 3.02. The highest BCUT2D eigenvalue weighted by Crippen LogP contribution is 2.30. The van der Waals surface area contributed by atoms with Crippen molar-refractivity contribution < 1.29 is 4.92 Å². The van der Waals surface area contributed by atoms with E-state index in [2.05, 4.69) is 9.80 Å². The Labute approximate surface area is 111 Å². The molecule has 102 valence electrons. The molecule has 1 aliphatic carbocycles. The van der Waals surface area contributed by atoms with E-state index < -0.39 is 4.92 Å². The minimum absolute atomic E-state index is 0.0135. The Morgan fingerprint density at radius 3 is 2.42 bits per heavy atom. The van der Waals surface area contributed by atoms with Gasteiger partial charge in [-0.15, -0.1) is 0 Å². The average Bonchev–Trinajstić information content (AvgIpc) is 3.22. The molecule has 1 aromatic carbocycles. The molecule has 0 atom stereocenters. The fourth-order valence-electron chi connectivity index (χ4n) is 2.69. The molecule has 0 unspecified atom stereocenters. The largest absolute Gasteiger partial charge is 0.393 e. The van der Waals surface area contributed by atoms with Gasteiger partial charge in [-0.2, -0.15) is 0 Å². The number of hydrogen-bond acceptors (Lipinski definition) is 5. The zero-order valence-corrected chi connectivity index (χ0v) is 10.8. The van der Waals surface area contributed by atoms with Crippen LogP contribution in [0.25, 0.3) is 0 Å². The zero-order valence-electron chi connectivity index (χ0n) is 10.8. The molecule has 1 saturated carbocycles. The lowest BCUT2D eigenvalue weighted by Crippen LogP contribution is -2.47. The molecular weight excluding hydrogens is 244 g/mol. The summed E-state index contributed by atoms with van der Waals surface area (Å²) in [4.78, 5) is 15.1. The second-order valence-corrected chi connectivity index (χ2v) is 5.25. The molecule has 6 nitrogen and oxygen atoms in total. The summed E-state index contributed by atoms with van der Waals surface area (Å²) in [6.07, 6.45) is 2.68. The highest BCUT2D eigenvalue weighted by atomic mass is 16.6. The standard InChI is InChI=1S/C13H18N4O2/c14-12-9-11(3-4-13(12)17(18)19)16-7-5-15(6-8-16)10-1-2-10/h3-4,9-10H,1-2,5-8,14H2. The lowest BCUT2D eigenvalue weighted by atomic mass is 10.2. The molecule has 0 spiro atoms. The van der Waals surface area contributed by atoms with E-state index in [1.165, 1.54) is 18.9 Å². The molecule has 2 N–H and O–H groups in total. The molecule has 2 aliphatic rings. The summed E-state index contributed by atoms with van der Waals surface area (Å²) in [5.41, 5.74) is 6.95. The summed E-state index contributed by atoms with van der Waals surface area (Å²) in [5.74, 6) is 0. The second kappa shape index (κ2) is 4.70. The van der Waals surface area contributed by atoms with Gasteiger partial charge in [-0.3, -0.25) is 15.0 Å². The molecule has 19 heavy (non-hydrogen) atoms. The molecule has 0 amide bonds. The van der Waals surface area contributed by atoms with Gasteiger partial charge >= 0.3 is 0 Å². The van der Waals surface area contributed by atoms with Gasteiger partial charge in [0.1, 0.15) is 5.69 Å². The maximum absolute atomic E-state index is 10.7. The van der Waals surface area contributed by atoms with Crippen molar-refractivity contribution in [3.05, 3.63) is 28.3 Å². The van der Waals surface area contributed by atoms with E-state index >= 15 is 0 Å². The number of benzene rings is 1. The van der Waals surface area contributed by atoms with Crippen LogP contribution >= 0.6 is 0 Å². The molecule has 1 heterocycles. The number of nitro groups is 1. The fraction of sp³-hybridized carbons (Fsp3) is 0.538. The van der Waals surface area contributed by atoms with Crippen molar-refractivity contribution in [3.63, 3.8) is 0 Å². The quantitative estimate of drug-likeness (QED) is 0.507. The lowest BCUT2D eigenvalue weighted by molar-refractivity contribution is -0.383. The SMILES string of the molecule is Nc1cc(N2CCN(C3CC3)CC2)ccc1[N+](=O)[O-]. The first-order chi connectivity index (χ1) is 9.15. The van der Waals surface area contributed by atoms with Crippen LogP contribution in [-0.4, -0.2) is 42.0 Å². The molecule has 6 heteroatoms. The third-order valence-corrected chi connectivity index (χ3v) is 3.95. The minimum Gasteiger partial charge on any atom is -0.393 e. The fourth-order valence-corrected chi connectivity index (χ4v) is 2.69. The molecule has 1 aliphatic heterocycles. The van der Waals surface area contributed by atoms with Gasteiger partial charge in [-0.1, -0.05) is 0 Å². The van der Waals surface area contributed by atoms with Crippen molar-refractivity contribution in [2.24, 2.45) is 0 Å². The number of anilines is 2. The number of piperazine rings is 1. The van der Waals surface area contributed by atoms with Crippen LogP contribution in [0.2, 0.25) is 0 Å². The number of nitrogens with zero attached hydrogens (tertiary/aromatic N) is 3. The highest BCUT2D eigenvalue weighted by molar-refractivity contribution is 5.66. The summed E-state index contributed by atoms with van der Waals surface area (Å²) in [5, 5.41) is 10.7. The van der Waals surface area contributed by atoms with Gasteiger partial charge in [-0.05, 0) is 25.0 Å². The van der Waals surface area contributed by atoms with E-state index in [1.54, 1.807) is 12.1 Å². The zero-order chi connectivity index (χ0) is 13.4. The first-order valence-electron chi connectivity index (χ1n) is 6.68. The number of nitro benzene ring substituents is 1. The molecule has 2 fully saturated rings. The van der Waals surface area contributed by atoms with E-state index in [0.717, 1.165) is 37.9 Å². The van der Waals surface area contributed by atoms with E-state index in [4.69, 9.17) is 5.73 Å². The Balaban J connectivity index is 1.69. The predicted molar refractivity (Wildman–Crippen MR) is 74.3 cm³/mol. The number of nitrogen functional groups attached to an aromatic ring is 1. The maximum Gasteiger partial charge on any atom is 0.292 e. The summed E-state index contributed by atoms with van der Waals surface area (Å²) in [6.45, 7) is 4.07. The van der Waals surface area contributed by atoms with Crippen LogP contribution in [0.5, 0.6) is 0 Å². The van der Waals surface area contributed by atoms with E-state index in [9.17, 15) is 10.1 Å². The van der Waals surface area contributed by atoms with Crippen molar-refractivity contribution >= 4 is 17.1 Å². The molecule has 1 saturated heterocycles. The van der Waals surface area contributed by atoms with Crippen molar-refractivity contribution in [1.82, 2.24) is 4.90 Å². The average molecular weight is 262 g/mol. The third kappa shape index (κ3) is 2.49. The van der Waals surface area contributed by atoms with Crippen molar-refractivity contribution in [2.75, 3.05) is 36.8 Å². The molecule has 0 bridgehead atoms. The van der Waals surface area contributed by atoms with E-state index in [1.807, 2.05) is 0 Å². The Bertz CT molecular complexity index is 493. The normalized spacial score (nSPS) is 20.5. The molecule has 3 rings (SSSR count). The van der Waals surface area contributed by atoms with Gasteiger partial charge in [0.15, 0.2) is 0 Å². The summed E-state index contributed by atoms with van der Waals surface area (Å²) >= 11 is 0. The Morgan fingerprint density at radius 2 is 1.89 bits per heavy atom. The lowest BCUT2D eigenvalue weighted by Gasteiger charge is -2.36. The van der Waals surface area contributed by atoms with Gasteiger partial charge in [0.25, 0.3) is 5.69 Å². The minimum atomic E-state index is -0.440. The van der Waals surface area contributed by atoms with Crippen molar-refractivity contribution in [2.45, 2.75) is 18.9 Å². The first kappa shape index (κ1) is 12.2. The molecular formula is C13H18N4O2. The summed E-state index contributed by atoms with van der Waals surface area (Å²) < 4.78 is 0. The van der Waals surface area contributed by atoms with Crippen LogP contribution < -0.4 is 10.6 Å². The van der Waals surface area contributed by atoms with E-state index in [-0.39, 0.29) is 11.4 Å². The number of rotatable bonds is 3. The van der Waals surface area contributed by atoms with Crippen LogP contribution in [0.1, 0.15) is 12.8 Å². The van der Waals surface area contributed by atoms with Gasteiger partial charge in [0.2, 0.25) is 0 Å². The van der Waals surface area contributed by atoms with E-state index in [0.29, 0.717) is 0 Å². The molecule has 0 aromatic heterocycles. The topological polar surface area (TPSA) is 75.6 Å². The third-order valence-electron chi connectivity index (χ3n) is 3.95. The van der Waals surface area contributed by atoms with Crippen LogP contribution in [0, 0.1) is 10.1 Å². The number of nitrogens with two attached hydrogens (primary N) is 1. The second-order valence-electron chi connectivity index (χ2n) is 5.25. The maximum atomic E-state index is 10.7. The van der Waals surface area contributed by atoms with Gasteiger partial charge in [-0.25, -0.2) is 0 Å². The van der Waals surface area contributed by atoms with Gasteiger partial charge < -0.3 is 10.6 Å². The van der Waals surface area contributed by atoms with Crippen LogP contribution in [0.15, 0.2) is 18.2 Å². The number of hydrogen-bond donors (Lipinski definition) is 1. The molecule has 0 radical (unpaired) electrons. The summed E-state index contributed by atoms with van der Waals surface area (Å²) in [6, 6.07) is 5.81. The molecule has 1 aromatic rings. The van der Waals surface area contributed by atoms with Crippen LogP contribution in [-0.2, 0) is 0 Å². The van der Waals surface area contributed by atoms with Crippen LogP contribution in [0.4, 0.5) is 17.1 Å². The van der Waals surface area contributed by atoms with Gasteiger partial charge in [0, 0.05) is 44.0 Å². The van der Waals surface area contributed by atoms with Crippen molar-refractivity contribution in [1.29, 1.82) is 0 Å². The van der Waals surface area contributed by atoms with Crippen molar-refractivity contribution in [3.8, 4) is 0 Å². The monoisotopic (exact) mass is 262 g/mol. The highest BCUT2D eigenvalue weighted by Gasteiger charge is 2.31. The predicted octanol–water partition coefficient (Wildman–Crippen LogP) is 1.46. The van der Waals surface area contributed by atoms with Gasteiger partial charge in [0.05, 0.1) is 4.92 Å². The first-order valence-corrected chi connectivity index (χ1v) is 6.68. The smallest absolute Gasteiger partial charge is 0.292 e. The summed E-state index contributed by atoms with van der Waals surface area (Å²) in [7, 11) is 0.